The molecule has 0 unspecified atom stereocenters. The van der Waals surface area contributed by atoms with Crippen LogP contribution in [0.2, 0.25) is 0 Å². The summed E-state index contributed by atoms with van der Waals surface area (Å²) < 4.78 is 0. The zero-order valence-corrected chi connectivity index (χ0v) is 7.87. The SMILES string of the molecule is Cc1ccnnc1C.N=C=O.N=C=O. The number of aromatic nitrogens is 2. The molecule has 2 N–H and O–H groups in total. The van der Waals surface area contributed by atoms with E-state index in [-0.39, 0.29) is 0 Å². The molecule has 1 aromatic heterocycles. The quantitative estimate of drug-likeness (QED) is 0.472. The van der Waals surface area contributed by atoms with E-state index in [0.29, 0.717) is 0 Å². The predicted octanol–water partition coefficient (Wildman–Crippen LogP) is 0.895. The third-order valence-electron chi connectivity index (χ3n) is 1.17. The van der Waals surface area contributed by atoms with Crippen molar-refractivity contribution in [2.24, 2.45) is 0 Å². The highest BCUT2D eigenvalue weighted by molar-refractivity contribution is 5.26. The van der Waals surface area contributed by atoms with Gasteiger partial charge in [0.1, 0.15) is 0 Å². The van der Waals surface area contributed by atoms with Crippen molar-refractivity contribution in [1.29, 1.82) is 10.8 Å². The molecule has 1 heterocycles. The summed E-state index contributed by atoms with van der Waals surface area (Å²) in [6.07, 6.45) is 3.20. The molecule has 74 valence electrons. The van der Waals surface area contributed by atoms with E-state index in [9.17, 15) is 0 Å². The minimum Gasteiger partial charge on any atom is -0.222 e. The van der Waals surface area contributed by atoms with Gasteiger partial charge in [-0.15, -0.1) is 0 Å². The molecule has 14 heavy (non-hydrogen) atoms. The summed E-state index contributed by atoms with van der Waals surface area (Å²) in [4.78, 5) is 16.7. The fourth-order valence-electron chi connectivity index (χ4n) is 0.465. The number of rotatable bonds is 0. The van der Waals surface area contributed by atoms with Crippen molar-refractivity contribution < 1.29 is 9.59 Å². The lowest BCUT2D eigenvalue weighted by Crippen LogP contribution is -1.86. The van der Waals surface area contributed by atoms with Crippen molar-refractivity contribution in [1.82, 2.24) is 10.2 Å². The average molecular weight is 194 g/mol. The zero-order chi connectivity index (χ0) is 11.4. The van der Waals surface area contributed by atoms with E-state index in [1.165, 1.54) is 5.56 Å². The maximum absolute atomic E-state index is 8.35. The van der Waals surface area contributed by atoms with E-state index in [2.05, 4.69) is 10.2 Å². The molecule has 0 bridgehead atoms. The van der Waals surface area contributed by atoms with E-state index >= 15 is 0 Å². The minimum atomic E-state index is 0.750. The number of carbonyl (C=O) groups excluding carboxylic acids is 2. The van der Waals surface area contributed by atoms with Gasteiger partial charge >= 0.3 is 0 Å². The molecule has 0 aliphatic carbocycles. The van der Waals surface area contributed by atoms with Crippen LogP contribution < -0.4 is 0 Å². The predicted molar refractivity (Wildman–Crippen MR) is 48.3 cm³/mol. The number of isocyanates is 2. The fraction of sp³-hybridized carbons (Fsp3) is 0.250. The first-order valence-corrected chi connectivity index (χ1v) is 3.46. The summed E-state index contributed by atoms with van der Waals surface area (Å²) in [6, 6.07) is 1.95. The van der Waals surface area contributed by atoms with Crippen molar-refractivity contribution >= 4 is 12.2 Å². The van der Waals surface area contributed by atoms with Crippen LogP contribution >= 0.6 is 0 Å². The number of nitrogens with zero attached hydrogens (tertiary/aromatic N) is 2. The van der Waals surface area contributed by atoms with Crippen LogP contribution in [-0.2, 0) is 9.59 Å². The van der Waals surface area contributed by atoms with E-state index in [1.54, 1.807) is 6.20 Å². The Morgan fingerprint density at radius 1 is 1.21 bits per heavy atom. The topological polar surface area (TPSA) is 108 Å². The zero-order valence-electron chi connectivity index (χ0n) is 7.87. The molecule has 0 spiro atoms. The van der Waals surface area contributed by atoms with Gasteiger partial charge in [0.15, 0.2) is 0 Å². The average Bonchev–Trinajstić information content (AvgIpc) is 2.13. The lowest BCUT2D eigenvalue weighted by molar-refractivity contribution is 0.562. The van der Waals surface area contributed by atoms with Crippen molar-refractivity contribution in [2.75, 3.05) is 0 Å². The molecule has 0 amide bonds. The molecule has 0 radical (unpaired) electrons. The molecule has 0 saturated heterocycles. The third kappa shape index (κ3) is 9.84. The second-order valence-corrected chi connectivity index (χ2v) is 2.00. The van der Waals surface area contributed by atoms with Gasteiger partial charge < -0.3 is 0 Å². The van der Waals surface area contributed by atoms with Crippen LogP contribution in [0.4, 0.5) is 0 Å². The molecule has 1 aromatic rings. The van der Waals surface area contributed by atoms with Crippen LogP contribution in [0.5, 0.6) is 0 Å². The molecule has 0 fully saturated rings. The van der Waals surface area contributed by atoms with Gasteiger partial charge in [-0.1, -0.05) is 0 Å². The second-order valence-electron chi connectivity index (χ2n) is 2.00. The van der Waals surface area contributed by atoms with E-state index in [1.807, 2.05) is 19.9 Å². The Balaban J connectivity index is 0. The molecule has 0 saturated carbocycles. The number of aryl methyl sites for hydroxylation is 2. The first-order chi connectivity index (χ1) is 6.63. The lowest BCUT2D eigenvalue weighted by Gasteiger charge is -1.91. The van der Waals surface area contributed by atoms with Gasteiger partial charge in [0.05, 0.1) is 5.69 Å². The molecule has 0 aliphatic heterocycles. The van der Waals surface area contributed by atoms with Gasteiger partial charge in [-0.3, -0.25) is 0 Å². The van der Waals surface area contributed by atoms with Crippen LogP contribution in [0, 0.1) is 24.7 Å². The van der Waals surface area contributed by atoms with E-state index in [0.717, 1.165) is 17.9 Å². The van der Waals surface area contributed by atoms with Crippen LogP contribution in [0.3, 0.4) is 0 Å². The Bertz CT molecular complexity index is 293. The number of hydrogen-bond acceptors (Lipinski definition) is 6. The fourth-order valence-corrected chi connectivity index (χ4v) is 0.465. The highest BCUT2D eigenvalue weighted by Gasteiger charge is 1.86. The van der Waals surface area contributed by atoms with Crippen LogP contribution in [0.1, 0.15) is 11.3 Å². The van der Waals surface area contributed by atoms with Gasteiger partial charge in [-0.05, 0) is 25.5 Å². The Labute approximate surface area is 81.0 Å². The summed E-state index contributed by atoms with van der Waals surface area (Å²) >= 11 is 0. The molecule has 0 aromatic carbocycles. The van der Waals surface area contributed by atoms with Crippen molar-refractivity contribution in [3.63, 3.8) is 0 Å². The van der Waals surface area contributed by atoms with Crippen molar-refractivity contribution in [3.05, 3.63) is 23.5 Å². The molecule has 6 nitrogen and oxygen atoms in total. The smallest absolute Gasteiger partial charge is 0.222 e. The highest BCUT2D eigenvalue weighted by Crippen LogP contribution is 1.96. The monoisotopic (exact) mass is 194 g/mol. The van der Waals surface area contributed by atoms with Crippen LogP contribution in [-0.4, -0.2) is 22.4 Å². The Hall–Kier alpha value is -2.16. The van der Waals surface area contributed by atoms with Crippen molar-refractivity contribution in [2.45, 2.75) is 13.8 Å². The van der Waals surface area contributed by atoms with Crippen LogP contribution in [0.25, 0.3) is 0 Å². The first-order valence-electron chi connectivity index (χ1n) is 3.46. The molecule has 6 heteroatoms. The number of nitrogens with one attached hydrogen (secondary N) is 2. The largest absolute Gasteiger partial charge is 0.231 e. The summed E-state index contributed by atoms with van der Waals surface area (Å²) in [7, 11) is 0. The van der Waals surface area contributed by atoms with E-state index in [4.69, 9.17) is 20.4 Å². The van der Waals surface area contributed by atoms with Gasteiger partial charge in [0.2, 0.25) is 12.2 Å². The molecule has 0 aliphatic rings. The normalized spacial score (nSPS) is 6.43. The van der Waals surface area contributed by atoms with Crippen molar-refractivity contribution in [3.8, 4) is 0 Å². The lowest BCUT2D eigenvalue weighted by atomic mass is 10.3. The standard InChI is InChI=1S/C6H8N2.2CHNO/c1-5-3-4-7-8-6(5)2;2*2-1-3/h3-4H,1-2H3;2*2H. The number of hydrogen-bond donors (Lipinski definition) is 2. The minimum absolute atomic E-state index is 0.750. The highest BCUT2D eigenvalue weighted by atomic mass is 16.1. The molecule has 0 atom stereocenters. The maximum Gasteiger partial charge on any atom is 0.231 e. The summed E-state index contributed by atoms with van der Waals surface area (Å²) in [5.74, 6) is 0. The molecule has 1 rings (SSSR count). The second kappa shape index (κ2) is 10.8. The first kappa shape index (κ1) is 14.4. The Kier molecular flexibility index (Phi) is 11.1. The van der Waals surface area contributed by atoms with Gasteiger partial charge in [0, 0.05) is 6.20 Å². The third-order valence-corrected chi connectivity index (χ3v) is 1.17. The van der Waals surface area contributed by atoms with Crippen LogP contribution in [0.15, 0.2) is 12.3 Å². The summed E-state index contributed by atoms with van der Waals surface area (Å²) in [6.45, 7) is 3.96. The Morgan fingerprint density at radius 2 is 1.64 bits per heavy atom. The maximum atomic E-state index is 8.35. The molecular weight excluding hydrogens is 184 g/mol. The molecular formula is C8H10N4O2. The van der Waals surface area contributed by atoms with Gasteiger partial charge in [-0.25, -0.2) is 20.4 Å². The summed E-state index contributed by atoms with van der Waals surface area (Å²) in [5.41, 5.74) is 2.20. The van der Waals surface area contributed by atoms with E-state index < -0.39 is 0 Å². The summed E-state index contributed by atoms with van der Waals surface area (Å²) in [5, 5.41) is 18.3. The van der Waals surface area contributed by atoms with Gasteiger partial charge in [0.25, 0.3) is 0 Å². The van der Waals surface area contributed by atoms with Gasteiger partial charge in [-0.2, -0.15) is 10.2 Å². The Morgan fingerprint density at radius 3 is 1.86 bits per heavy atom.